The molecule has 0 amide bonds. The molecule has 2 heterocycles. The summed E-state index contributed by atoms with van der Waals surface area (Å²) in [4.78, 5) is 4.94. The fraction of sp³-hybridized carbons (Fsp3) is 0.135. The fourth-order valence-corrected chi connectivity index (χ4v) is 12.8. The second kappa shape index (κ2) is 18.3. The van der Waals surface area contributed by atoms with Crippen LogP contribution in [0.4, 0.5) is 34.1 Å². The Morgan fingerprint density at radius 1 is 0.295 bits per heavy atom. The number of aryl methyl sites for hydroxylation is 4. The van der Waals surface area contributed by atoms with Gasteiger partial charge in [0.05, 0.1) is 22.7 Å². The van der Waals surface area contributed by atoms with Gasteiger partial charge in [0.1, 0.15) is 11.2 Å². The van der Waals surface area contributed by atoms with Gasteiger partial charge in [-0.3, -0.25) is 0 Å². The van der Waals surface area contributed by atoms with E-state index in [0.717, 1.165) is 89.1 Å². The summed E-state index contributed by atoms with van der Waals surface area (Å²) in [6.45, 7) is 18.1. The minimum absolute atomic E-state index is 0.217. The van der Waals surface area contributed by atoms with Crippen LogP contribution in [0, 0.1) is 27.7 Å². The third-order valence-corrected chi connectivity index (χ3v) is 16.5. The van der Waals surface area contributed by atoms with E-state index in [2.05, 4.69) is 271 Å². The van der Waals surface area contributed by atoms with E-state index in [9.17, 15) is 0 Å². The van der Waals surface area contributed by atoms with Crippen LogP contribution in [0.15, 0.2) is 215 Å². The lowest BCUT2D eigenvalue weighted by molar-refractivity contribution is 0.670. The molecule has 4 nitrogen and oxygen atoms in total. The van der Waals surface area contributed by atoms with Gasteiger partial charge in [-0.05, 0) is 154 Å². The Morgan fingerprint density at radius 3 is 1.05 bits per heavy atom. The van der Waals surface area contributed by atoms with Crippen molar-refractivity contribution >= 4 is 110 Å². The monoisotopic (exact) mass is 1010 g/mol. The van der Waals surface area contributed by atoms with Crippen LogP contribution in [0.5, 0.6) is 0 Å². The molecule has 0 radical (unpaired) electrons. The van der Waals surface area contributed by atoms with Crippen LogP contribution in [0.3, 0.4) is 0 Å². The molecule has 14 rings (SSSR count). The van der Waals surface area contributed by atoms with Crippen molar-refractivity contribution in [2.45, 2.75) is 67.2 Å². The molecular formula is C74H60N2O2. The van der Waals surface area contributed by atoms with E-state index < -0.39 is 0 Å². The zero-order valence-corrected chi connectivity index (χ0v) is 45.5. The maximum Gasteiger partial charge on any atom is 0.159 e. The smallest absolute Gasteiger partial charge is 0.159 e. The van der Waals surface area contributed by atoms with Crippen molar-refractivity contribution in [2.24, 2.45) is 0 Å². The van der Waals surface area contributed by atoms with E-state index >= 15 is 0 Å². The molecule has 0 N–H and O–H groups in total. The number of fused-ring (bicyclic) bond motifs is 6. The number of furan rings is 2. The summed E-state index contributed by atoms with van der Waals surface area (Å²) in [5.41, 5.74) is 21.8. The number of anilines is 6. The van der Waals surface area contributed by atoms with Crippen molar-refractivity contribution in [2.75, 3.05) is 9.80 Å². The average molecular weight is 1010 g/mol. The van der Waals surface area contributed by atoms with E-state index in [1.807, 2.05) is 0 Å². The van der Waals surface area contributed by atoms with E-state index in [1.54, 1.807) is 0 Å². The zero-order valence-electron chi connectivity index (χ0n) is 45.5. The van der Waals surface area contributed by atoms with Crippen molar-refractivity contribution < 1.29 is 8.83 Å². The molecule has 0 saturated heterocycles. The highest BCUT2D eigenvalue weighted by atomic mass is 16.3. The quantitative estimate of drug-likeness (QED) is 0.128. The molecule has 0 unspecified atom stereocenters. The van der Waals surface area contributed by atoms with Crippen LogP contribution in [-0.2, 0) is 0 Å². The molecule has 14 aromatic rings. The Kier molecular flexibility index (Phi) is 11.1. The van der Waals surface area contributed by atoms with Crippen LogP contribution in [0.2, 0.25) is 0 Å². The lowest BCUT2D eigenvalue weighted by Gasteiger charge is -2.31. The molecule has 0 aliphatic carbocycles. The number of benzene rings is 12. The number of hydrogen-bond donors (Lipinski definition) is 0. The predicted molar refractivity (Wildman–Crippen MR) is 332 cm³/mol. The molecule has 0 fully saturated rings. The molecule has 4 heteroatoms. The summed E-state index contributed by atoms with van der Waals surface area (Å²) in [6, 6.07) is 76.0. The number of rotatable bonds is 10. The standard InChI is InChI=1S/C74H60N2O2/c1-43(2)63-41-67(75(49-23-13-19-45(5)39-49)65-33-17-31-59-57-29-15-27-55(71(57)77-73(59)65)51-25-11-9-21-47(51)7)61-38-36-54-64(44(3)4)42-68(62-37-35-53(63)69(61)70(54)62)76(50-24-14-20-46(6)40-50)66-34-18-32-60-58-30-16-28-56(72(58)78-74(60)66)52-26-12-10-22-48(52)8/h9-44H,1-8H3. The van der Waals surface area contributed by atoms with Crippen molar-refractivity contribution in [1.29, 1.82) is 0 Å². The average Bonchev–Trinajstić information content (AvgIpc) is 4.03. The van der Waals surface area contributed by atoms with Gasteiger partial charge in [-0.1, -0.05) is 185 Å². The molecule has 378 valence electrons. The first-order valence-corrected chi connectivity index (χ1v) is 27.5. The van der Waals surface area contributed by atoms with Crippen LogP contribution < -0.4 is 9.80 Å². The Morgan fingerprint density at radius 2 is 0.654 bits per heavy atom. The molecule has 0 aliphatic heterocycles. The summed E-state index contributed by atoms with van der Waals surface area (Å²) >= 11 is 0. The van der Waals surface area contributed by atoms with Gasteiger partial charge < -0.3 is 18.6 Å². The molecule has 2 aromatic heterocycles. The summed E-state index contributed by atoms with van der Waals surface area (Å²) < 4.78 is 14.6. The van der Waals surface area contributed by atoms with Gasteiger partial charge in [0.25, 0.3) is 0 Å². The third kappa shape index (κ3) is 7.34. The second-order valence-corrected chi connectivity index (χ2v) is 22.2. The van der Waals surface area contributed by atoms with Crippen molar-refractivity contribution in [1.82, 2.24) is 0 Å². The Bertz CT molecular complexity index is 4400. The largest absolute Gasteiger partial charge is 0.453 e. The highest BCUT2D eigenvalue weighted by Gasteiger charge is 2.29. The lowest BCUT2D eigenvalue weighted by atomic mass is 9.84. The maximum absolute atomic E-state index is 7.29. The van der Waals surface area contributed by atoms with Crippen molar-refractivity contribution in [3.8, 4) is 22.3 Å². The van der Waals surface area contributed by atoms with Gasteiger partial charge in [-0.15, -0.1) is 0 Å². The predicted octanol–water partition coefficient (Wildman–Crippen LogP) is 22.1. The Labute approximate surface area is 455 Å². The lowest BCUT2D eigenvalue weighted by Crippen LogP contribution is -2.13. The fourth-order valence-electron chi connectivity index (χ4n) is 12.8. The Hall–Kier alpha value is -9.12. The third-order valence-electron chi connectivity index (χ3n) is 16.5. The van der Waals surface area contributed by atoms with Crippen LogP contribution >= 0.6 is 0 Å². The summed E-state index contributed by atoms with van der Waals surface area (Å²) in [5, 5.41) is 11.8. The first kappa shape index (κ1) is 47.3. The van der Waals surface area contributed by atoms with Crippen molar-refractivity contribution in [3.05, 3.63) is 240 Å². The van der Waals surface area contributed by atoms with Crippen LogP contribution in [0.25, 0.3) is 98.4 Å². The molecule has 12 aromatic carbocycles. The zero-order chi connectivity index (χ0) is 53.1. The molecule has 0 saturated carbocycles. The van der Waals surface area contributed by atoms with E-state index in [4.69, 9.17) is 8.83 Å². The van der Waals surface area contributed by atoms with Gasteiger partial charge >= 0.3 is 0 Å². The van der Waals surface area contributed by atoms with Gasteiger partial charge in [0, 0.05) is 54.8 Å². The first-order chi connectivity index (χ1) is 38.0. The van der Waals surface area contributed by atoms with Gasteiger partial charge in [0.2, 0.25) is 0 Å². The van der Waals surface area contributed by atoms with Crippen LogP contribution in [-0.4, -0.2) is 0 Å². The molecule has 0 spiro atoms. The second-order valence-electron chi connectivity index (χ2n) is 22.2. The van der Waals surface area contributed by atoms with Crippen LogP contribution in [0.1, 0.15) is 72.9 Å². The van der Waals surface area contributed by atoms with E-state index in [1.165, 1.54) is 76.8 Å². The summed E-state index contributed by atoms with van der Waals surface area (Å²) in [7, 11) is 0. The molecule has 0 atom stereocenters. The normalized spacial score (nSPS) is 12.1. The number of para-hydroxylation sites is 4. The van der Waals surface area contributed by atoms with Gasteiger partial charge in [-0.2, -0.15) is 0 Å². The molecule has 0 aliphatic rings. The maximum atomic E-state index is 7.29. The summed E-state index contributed by atoms with van der Waals surface area (Å²) in [6.07, 6.45) is 0. The topological polar surface area (TPSA) is 32.8 Å². The van der Waals surface area contributed by atoms with E-state index in [0.29, 0.717) is 0 Å². The summed E-state index contributed by atoms with van der Waals surface area (Å²) in [5.74, 6) is 0.434. The first-order valence-electron chi connectivity index (χ1n) is 27.5. The highest BCUT2D eigenvalue weighted by Crippen LogP contribution is 2.54. The minimum Gasteiger partial charge on any atom is -0.453 e. The van der Waals surface area contributed by atoms with Crippen molar-refractivity contribution in [3.63, 3.8) is 0 Å². The highest BCUT2D eigenvalue weighted by molar-refractivity contribution is 6.30. The van der Waals surface area contributed by atoms with E-state index in [-0.39, 0.29) is 11.8 Å². The number of nitrogens with zero attached hydrogens (tertiary/aromatic N) is 2. The van der Waals surface area contributed by atoms with Gasteiger partial charge in [0.15, 0.2) is 11.2 Å². The SMILES string of the molecule is Cc1cccc(N(c2cc(C(C)C)c3ccc4c(N(c5cccc(C)c5)c5cccc6c5oc5c(-c7ccccc7C)cccc56)cc(C(C)C)c5ccc2c3c54)c2cccc3c2oc2c(-c4ccccc4C)cccc23)c1. The Balaban J connectivity index is 1.07. The molecule has 0 bridgehead atoms. The molecular weight excluding hydrogens is 949 g/mol. The number of hydrogen-bond acceptors (Lipinski definition) is 4. The molecule has 78 heavy (non-hydrogen) atoms. The van der Waals surface area contributed by atoms with Gasteiger partial charge in [-0.25, -0.2) is 0 Å². The minimum atomic E-state index is 0.217.